The molecule has 3 aromatic heterocycles. The number of fused-ring (bicyclic) bond motifs is 1. The van der Waals surface area contributed by atoms with E-state index in [0.29, 0.717) is 22.8 Å². The summed E-state index contributed by atoms with van der Waals surface area (Å²) in [5.74, 6) is -2.01. The molecule has 4 heterocycles. The predicted molar refractivity (Wildman–Crippen MR) is 98.1 cm³/mol. The van der Waals surface area contributed by atoms with Gasteiger partial charge in [-0.15, -0.1) is 0 Å². The Balaban J connectivity index is 1.79. The number of rotatable bonds is 4. The predicted octanol–water partition coefficient (Wildman–Crippen LogP) is 2.69. The summed E-state index contributed by atoms with van der Waals surface area (Å²) in [7, 11) is 2.97. The van der Waals surface area contributed by atoms with Crippen LogP contribution in [0.1, 0.15) is 13.8 Å². The molecule has 0 amide bonds. The highest BCUT2D eigenvalue weighted by Gasteiger charge is 2.54. The molecule has 0 aliphatic carbocycles. The van der Waals surface area contributed by atoms with E-state index in [0.717, 1.165) is 5.56 Å². The van der Waals surface area contributed by atoms with Gasteiger partial charge in [-0.25, -0.2) is 23.3 Å². The molecule has 0 bridgehead atoms. The van der Waals surface area contributed by atoms with Crippen molar-refractivity contribution in [3.8, 4) is 23.0 Å². The smallest absolute Gasteiger partial charge is 0.319 e. The van der Waals surface area contributed by atoms with Gasteiger partial charge in [0, 0.05) is 29.9 Å². The molecular formula is C18H20F2N6O2. The molecule has 1 saturated heterocycles. The van der Waals surface area contributed by atoms with Crippen LogP contribution in [0.2, 0.25) is 0 Å². The summed E-state index contributed by atoms with van der Waals surface area (Å²) in [4.78, 5) is 14.2. The number of ether oxygens (including phenoxy) is 2. The lowest BCUT2D eigenvalue weighted by atomic mass is 9.89. The Morgan fingerprint density at radius 1 is 1.11 bits per heavy atom. The number of hydrogen-bond donors (Lipinski definition) is 0. The van der Waals surface area contributed by atoms with Crippen LogP contribution in [-0.4, -0.2) is 57.8 Å². The summed E-state index contributed by atoms with van der Waals surface area (Å²) in [6.45, 7) is 2.94. The van der Waals surface area contributed by atoms with E-state index in [2.05, 4.69) is 20.1 Å². The number of methoxy groups -OCH3 is 2. The van der Waals surface area contributed by atoms with Crippen LogP contribution in [0.4, 0.5) is 14.6 Å². The molecule has 4 rings (SSSR count). The minimum Gasteiger partial charge on any atom is -0.480 e. The van der Waals surface area contributed by atoms with Gasteiger partial charge in [-0.3, -0.25) is 0 Å². The Kier molecular flexibility index (Phi) is 4.09. The first-order chi connectivity index (χ1) is 13.3. The lowest BCUT2D eigenvalue weighted by molar-refractivity contribution is -0.0642. The second-order valence-corrected chi connectivity index (χ2v) is 7.37. The first-order valence-corrected chi connectivity index (χ1v) is 8.67. The molecule has 0 radical (unpaired) electrons. The molecule has 3 aromatic rings. The summed E-state index contributed by atoms with van der Waals surface area (Å²) in [6.07, 6.45) is 4.70. The number of nitrogens with zero attached hydrogens (tertiary/aromatic N) is 6. The molecule has 8 nitrogen and oxygen atoms in total. The molecule has 0 saturated carbocycles. The van der Waals surface area contributed by atoms with Gasteiger partial charge in [0.1, 0.15) is 11.8 Å². The zero-order valence-electron chi connectivity index (χ0n) is 16.0. The van der Waals surface area contributed by atoms with Crippen molar-refractivity contribution in [1.82, 2.24) is 24.6 Å². The van der Waals surface area contributed by atoms with Crippen molar-refractivity contribution in [3.63, 3.8) is 0 Å². The normalized spacial score (nSPS) is 17.9. The summed E-state index contributed by atoms with van der Waals surface area (Å²) in [5.41, 5.74) is 0.833. The average Bonchev–Trinajstić information content (AvgIpc) is 3.18. The highest BCUT2D eigenvalue weighted by molar-refractivity contribution is 5.79. The van der Waals surface area contributed by atoms with E-state index < -0.39 is 11.3 Å². The second kappa shape index (κ2) is 6.25. The van der Waals surface area contributed by atoms with Crippen molar-refractivity contribution in [3.05, 3.63) is 24.8 Å². The molecular weight excluding hydrogens is 370 g/mol. The largest absolute Gasteiger partial charge is 0.480 e. The van der Waals surface area contributed by atoms with Gasteiger partial charge in [0.25, 0.3) is 5.92 Å². The molecule has 0 spiro atoms. The lowest BCUT2D eigenvalue weighted by Crippen LogP contribution is -2.34. The van der Waals surface area contributed by atoms with Gasteiger partial charge in [0.05, 0.1) is 26.3 Å². The molecule has 1 aliphatic heterocycles. The quantitative estimate of drug-likeness (QED) is 0.678. The lowest BCUT2D eigenvalue weighted by Gasteiger charge is -2.23. The summed E-state index contributed by atoms with van der Waals surface area (Å²) >= 11 is 0. The molecule has 1 aliphatic rings. The van der Waals surface area contributed by atoms with E-state index in [9.17, 15) is 8.78 Å². The van der Waals surface area contributed by atoms with E-state index in [-0.39, 0.29) is 19.1 Å². The number of hydrogen-bond acceptors (Lipinski definition) is 7. The molecule has 10 heteroatoms. The Morgan fingerprint density at radius 2 is 1.89 bits per heavy atom. The molecule has 0 unspecified atom stereocenters. The SMILES string of the molecule is COc1ncc(-c2cc3c(N4CC(C)(C)C(F)(F)C4)ncnn3c2)c(OC)n1. The van der Waals surface area contributed by atoms with Crippen LogP contribution >= 0.6 is 0 Å². The summed E-state index contributed by atoms with van der Waals surface area (Å²) < 4.78 is 40.7. The fourth-order valence-corrected chi connectivity index (χ4v) is 3.36. The zero-order chi connectivity index (χ0) is 20.1. The fourth-order valence-electron chi connectivity index (χ4n) is 3.36. The van der Waals surface area contributed by atoms with Crippen LogP contribution in [0.15, 0.2) is 24.8 Å². The third-order valence-electron chi connectivity index (χ3n) is 5.07. The minimum absolute atomic E-state index is 0.186. The summed E-state index contributed by atoms with van der Waals surface area (Å²) in [5, 5.41) is 4.21. The van der Waals surface area contributed by atoms with Crippen LogP contribution in [0.5, 0.6) is 11.9 Å². The minimum atomic E-state index is -2.81. The van der Waals surface area contributed by atoms with Crippen molar-refractivity contribution in [2.75, 3.05) is 32.2 Å². The van der Waals surface area contributed by atoms with Crippen molar-refractivity contribution in [1.29, 1.82) is 0 Å². The van der Waals surface area contributed by atoms with Crippen LogP contribution in [0, 0.1) is 5.41 Å². The molecule has 148 valence electrons. The molecule has 0 N–H and O–H groups in total. The van der Waals surface area contributed by atoms with Gasteiger partial charge in [-0.2, -0.15) is 10.1 Å². The maximum Gasteiger partial charge on any atom is 0.319 e. The van der Waals surface area contributed by atoms with E-state index in [4.69, 9.17) is 9.47 Å². The van der Waals surface area contributed by atoms with Crippen molar-refractivity contribution in [2.45, 2.75) is 19.8 Å². The highest BCUT2D eigenvalue weighted by Crippen LogP contribution is 2.45. The summed E-state index contributed by atoms with van der Waals surface area (Å²) in [6, 6.07) is 2.00. The van der Waals surface area contributed by atoms with Crippen molar-refractivity contribution >= 4 is 11.3 Å². The Bertz CT molecular complexity index is 1020. The monoisotopic (exact) mass is 390 g/mol. The van der Waals surface area contributed by atoms with E-state index in [1.807, 2.05) is 6.07 Å². The molecule has 0 aromatic carbocycles. The fraction of sp³-hybridized carbons (Fsp3) is 0.444. The van der Waals surface area contributed by atoms with Gasteiger partial charge in [-0.05, 0) is 6.07 Å². The Morgan fingerprint density at radius 3 is 2.54 bits per heavy atom. The van der Waals surface area contributed by atoms with Gasteiger partial charge < -0.3 is 14.4 Å². The molecule has 1 fully saturated rings. The van der Waals surface area contributed by atoms with E-state index >= 15 is 0 Å². The zero-order valence-corrected chi connectivity index (χ0v) is 16.0. The molecule has 0 atom stereocenters. The van der Waals surface area contributed by atoms with E-state index in [1.165, 1.54) is 20.5 Å². The first-order valence-electron chi connectivity index (χ1n) is 8.67. The number of alkyl halides is 2. The van der Waals surface area contributed by atoms with Crippen molar-refractivity contribution in [2.24, 2.45) is 5.41 Å². The topological polar surface area (TPSA) is 77.7 Å². The first kappa shape index (κ1) is 18.3. The number of halogens is 2. The second-order valence-electron chi connectivity index (χ2n) is 7.37. The molecule has 28 heavy (non-hydrogen) atoms. The number of anilines is 1. The third kappa shape index (κ3) is 2.79. The highest BCUT2D eigenvalue weighted by atomic mass is 19.3. The van der Waals surface area contributed by atoms with Crippen LogP contribution in [-0.2, 0) is 0 Å². The maximum absolute atomic E-state index is 14.4. The van der Waals surface area contributed by atoms with E-state index in [1.54, 1.807) is 35.7 Å². The van der Waals surface area contributed by atoms with Gasteiger partial charge in [-0.1, -0.05) is 13.8 Å². The standard InChI is InChI=1S/C18H20F2N6O2/c1-17(2)8-25(9-18(17,19)20)14-13-5-11(7-26(13)23-10-22-14)12-6-21-16(28-4)24-15(12)27-3/h5-7,10H,8-9H2,1-4H3. The van der Waals surface area contributed by atoms with Gasteiger partial charge in [0.15, 0.2) is 5.82 Å². The average molecular weight is 390 g/mol. The van der Waals surface area contributed by atoms with Crippen LogP contribution < -0.4 is 14.4 Å². The Labute approximate surface area is 160 Å². The third-order valence-corrected chi connectivity index (χ3v) is 5.07. The van der Waals surface area contributed by atoms with Crippen LogP contribution in [0.3, 0.4) is 0 Å². The van der Waals surface area contributed by atoms with Crippen molar-refractivity contribution < 1.29 is 18.3 Å². The van der Waals surface area contributed by atoms with Gasteiger partial charge >= 0.3 is 6.01 Å². The van der Waals surface area contributed by atoms with Crippen LogP contribution in [0.25, 0.3) is 16.6 Å². The van der Waals surface area contributed by atoms with Gasteiger partial charge in [0.2, 0.25) is 5.88 Å². The number of aromatic nitrogens is 5. The maximum atomic E-state index is 14.4. The Hall–Kier alpha value is -3.04.